The fourth-order valence-electron chi connectivity index (χ4n) is 2.92. The molecule has 0 saturated heterocycles. The number of benzene rings is 1. The zero-order chi connectivity index (χ0) is 14.7. The molecule has 3 rings (SSSR count). The maximum Gasteiger partial charge on any atom is 0.223 e. The topological polar surface area (TPSA) is 58.6 Å². The molecule has 4 heteroatoms. The van der Waals surface area contributed by atoms with Crippen LogP contribution >= 0.6 is 0 Å². The number of ether oxygens (including phenoxy) is 1. The molecule has 0 aromatic heterocycles. The highest BCUT2D eigenvalue weighted by molar-refractivity contribution is 5.79. The second-order valence-corrected chi connectivity index (χ2v) is 6.19. The van der Waals surface area contributed by atoms with Crippen LogP contribution < -0.4 is 5.32 Å². The molecule has 0 spiro atoms. The Balaban J connectivity index is 1.37. The largest absolute Gasteiger partial charge is 0.393 e. The summed E-state index contributed by atoms with van der Waals surface area (Å²) in [4.78, 5) is 12.1. The van der Waals surface area contributed by atoms with Crippen LogP contribution in [0.15, 0.2) is 30.3 Å². The molecule has 0 bridgehead atoms. The zero-order valence-corrected chi connectivity index (χ0v) is 12.2. The molecule has 21 heavy (non-hydrogen) atoms. The summed E-state index contributed by atoms with van der Waals surface area (Å²) < 4.78 is 5.80. The average Bonchev–Trinajstić information content (AvgIpc) is 3.25. The van der Waals surface area contributed by atoms with Gasteiger partial charge in [0, 0.05) is 5.92 Å². The molecular weight excluding hydrogens is 266 g/mol. The van der Waals surface area contributed by atoms with Gasteiger partial charge < -0.3 is 15.2 Å². The molecule has 0 aliphatic heterocycles. The molecule has 4 nitrogen and oxygen atoms in total. The fourth-order valence-corrected chi connectivity index (χ4v) is 2.92. The van der Waals surface area contributed by atoms with Crippen LogP contribution in [-0.2, 0) is 16.1 Å². The molecule has 0 unspecified atom stereocenters. The molecule has 2 fully saturated rings. The van der Waals surface area contributed by atoms with E-state index in [9.17, 15) is 9.90 Å². The standard InChI is InChI=1S/C17H23NO3/c19-14-8-6-13(7-9-14)17(20)18-15-10-16(15)21-11-12-4-2-1-3-5-12/h1-5,13-16,19H,6-11H2,(H,18,20)/t13?,14?,15-,16-/m1/s1. The van der Waals surface area contributed by atoms with E-state index < -0.39 is 0 Å². The lowest BCUT2D eigenvalue weighted by Crippen LogP contribution is -2.36. The lowest BCUT2D eigenvalue weighted by Gasteiger charge is -2.24. The highest BCUT2D eigenvalue weighted by Crippen LogP contribution is 2.29. The Hall–Kier alpha value is -1.39. The summed E-state index contributed by atoms with van der Waals surface area (Å²) in [6.45, 7) is 0.605. The number of aliphatic hydroxyl groups is 1. The predicted molar refractivity (Wildman–Crippen MR) is 79.5 cm³/mol. The SMILES string of the molecule is O=C(N[C@@H]1C[C@H]1OCc1ccccc1)C1CCC(O)CC1. The smallest absolute Gasteiger partial charge is 0.223 e. The lowest BCUT2D eigenvalue weighted by atomic mass is 9.87. The van der Waals surface area contributed by atoms with Gasteiger partial charge in [-0.3, -0.25) is 4.79 Å². The van der Waals surface area contributed by atoms with Gasteiger partial charge in [-0.2, -0.15) is 0 Å². The molecule has 114 valence electrons. The maximum absolute atomic E-state index is 12.1. The van der Waals surface area contributed by atoms with E-state index in [0.717, 1.165) is 37.7 Å². The molecular formula is C17H23NO3. The van der Waals surface area contributed by atoms with Crippen molar-refractivity contribution in [2.75, 3.05) is 0 Å². The Kier molecular flexibility index (Phi) is 4.56. The van der Waals surface area contributed by atoms with E-state index in [4.69, 9.17) is 4.74 Å². The second kappa shape index (κ2) is 6.58. The third-order valence-corrected chi connectivity index (χ3v) is 4.43. The molecule has 2 saturated carbocycles. The van der Waals surface area contributed by atoms with Crippen molar-refractivity contribution < 1.29 is 14.6 Å². The minimum Gasteiger partial charge on any atom is -0.393 e. The van der Waals surface area contributed by atoms with Gasteiger partial charge in [0.15, 0.2) is 0 Å². The number of nitrogens with one attached hydrogen (secondary N) is 1. The Morgan fingerprint density at radius 3 is 2.62 bits per heavy atom. The van der Waals surface area contributed by atoms with Crippen molar-refractivity contribution in [3.63, 3.8) is 0 Å². The van der Waals surface area contributed by atoms with Crippen molar-refractivity contribution in [1.82, 2.24) is 5.32 Å². The van der Waals surface area contributed by atoms with Crippen LogP contribution in [0, 0.1) is 5.92 Å². The predicted octanol–water partition coefficient (Wildman–Crippen LogP) is 2.01. The first-order chi connectivity index (χ1) is 10.2. The Labute approximate surface area is 125 Å². The van der Waals surface area contributed by atoms with Gasteiger partial charge >= 0.3 is 0 Å². The number of hydrogen-bond acceptors (Lipinski definition) is 3. The van der Waals surface area contributed by atoms with Crippen LogP contribution in [0.5, 0.6) is 0 Å². The van der Waals surface area contributed by atoms with Gasteiger partial charge in [-0.15, -0.1) is 0 Å². The van der Waals surface area contributed by atoms with Gasteiger partial charge in [-0.05, 0) is 37.7 Å². The molecule has 1 aromatic carbocycles. The van der Waals surface area contributed by atoms with E-state index in [1.807, 2.05) is 30.3 Å². The van der Waals surface area contributed by atoms with Crippen LogP contribution in [0.1, 0.15) is 37.7 Å². The zero-order valence-electron chi connectivity index (χ0n) is 12.2. The van der Waals surface area contributed by atoms with Crippen molar-refractivity contribution in [2.45, 2.75) is 57.0 Å². The van der Waals surface area contributed by atoms with Gasteiger partial charge in [-0.1, -0.05) is 30.3 Å². The number of aliphatic hydroxyl groups excluding tert-OH is 1. The minimum absolute atomic E-state index is 0.0729. The first kappa shape index (κ1) is 14.5. The molecule has 0 radical (unpaired) electrons. The number of rotatable bonds is 5. The van der Waals surface area contributed by atoms with Crippen LogP contribution in [0.3, 0.4) is 0 Å². The highest BCUT2D eigenvalue weighted by Gasteiger charge is 2.40. The van der Waals surface area contributed by atoms with Crippen molar-refractivity contribution >= 4 is 5.91 Å². The third kappa shape index (κ3) is 4.05. The summed E-state index contributed by atoms with van der Waals surface area (Å²) in [5.41, 5.74) is 1.16. The lowest BCUT2D eigenvalue weighted by molar-refractivity contribution is -0.127. The van der Waals surface area contributed by atoms with Crippen molar-refractivity contribution in [3.05, 3.63) is 35.9 Å². The monoisotopic (exact) mass is 289 g/mol. The molecule has 1 amide bonds. The molecule has 2 aliphatic carbocycles. The number of hydrogen-bond donors (Lipinski definition) is 2. The summed E-state index contributed by atoms with van der Waals surface area (Å²) in [5, 5.41) is 12.6. The maximum atomic E-state index is 12.1. The van der Waals surface area contributed by atoms with E-state index in [-0.39, 0.29) is 30.1 Å². The summed E-state index contributed by atoms with van der Waals surface area (Å²) >= 11 is 0. The third-order valence-electron chi connectivity index (χ3n) is 4.43. The van der Waals surface area contributed by atoms with Gasteiger partial charge in [0.1, 0.15) is 0 Å². The average molecular weight is 289 g/mol. The summed E-state index contributed by atoms with van der Waals surface area (Å²) in [7, 11) is 0. The van der Waals surface area contributed by atoms with Gasteiger partial charge in [0.2, 0.25) is 5.91 Å². The van der Waals surface area contributed by atoms with E-state index in [0.29, 0.717) is 6.61 Å². The van der Waals surface area contributed by atoms with Crippen LogP contribution in [0.25, 0.3) is 0 Å². The van der Waals surface area contributed by atoms with E-state index >= 15 is 0 Å². The van der Waals surface area contributed by atoms with E-state index in [1.54, 1.807) is 0 Å². The first-order valence-corrected chi connectivity index (χ1v) is 7.86. The van der Waals surface area contributed by atoms with E-state index in [2.05, 4.69) is 5.32 Å². The minimum atomic E-state index is -0.211. The second-order valence-electron chi connectivity index (χ2n) is 6.19. The van der Waals surface area contributed by atoms with E-state index in [1.165, 1.54) is 0 Å². The van der Waals surface area contributed by atoms with Crippen LogP contribution in [0.2, 0.25) is 0 Å². The Morgan fingerprint density at radius 1 is 1.19 bits per heavy atom. The quantitative estimate of drug-likeness (QED) is 0.872. The van der Waals surface area contributed by atoms with Gasteiger partial charge in [0.25, 0.3) is 0 Å². The van der Waals surface area contributed by atoms with Crippen LogP contribution in [0.4, 0.5) is 0 Å². The van der Waals surface area contributed by atoms with Crippen molar-refractivity contribution in [3.8, 4) is 0 Å². The molecule has 0 heterocycles. The van der Waals surface area contributed by atoms with Crippen LogP contribution in [-0.4, -0.2) is 29.3 Å². The summed E-state index contributed by atoms with van der Waals surface area (Å²) in [6.07, 6.45) is 3.95. The highest BCUT2D eigenvalue weighted by atomic mass is 16.5. The molecule has 2 N–H and O–H groups in total. The van der Waals surface area contributed by atoms with Crippen molar-refractivity contribution in [1.29, 1.82) is 0 Å². The number of carbonyl (C=O) groups is 1. The van der Waals surface area contributed by atoms with Gasteiger partial charge in [0.05, 0.1) is 24.9 Å². The molecule has 1 aromatic rings. The Morgan fingerprint density at radius 2 is 1.90 bits per heavy atom. The number of carbonyl (C=O) groups excluding carboxylic acids is 1. The van der Waals surface area contributed by atoms with Gasteiger partial charge in [-0.25, -0.2) is 0 Å². The number of amides is 1. The molecule has 2 aliphatic rings. The molecule has 2 atom stereocenters. The fraction of sp³-hybridized carbons (Fsp3) is 0.588. The normalized spacial score (nSPS) is 31.7. The van der Waals surface area contributed by atoms with Crippen molar-refractivity contribution in [2.24, 2.45) is 5.92 Å². The summed E-state index contributed by atoms with van der Waals surface area (Å²) in [6, 6.07) is 10.3. The Bertz CT molecular complexity index is 468. The summed E-state index contributed by atoms with van der Waals surface area (Å²) in [5.74, 6) is 0.210. The first-order valence-electron chi connectivity index (χ1n) is 7.86.